The predicted octanol–water partition coefficient (Wildman–Crippen LogP) is 0.772. The van der Waals surface area contributed by atoms with Crippen LogP contribution in [-0.4, -0.2) is 16.6 Å². The van der Waals surface area contributed by atoms with Crippen molar-refractivity contribution in [2.75, 3.05) is 6.54 Å². The van der Waals surface area contributed by atoms with E-state index in [-0.39, 0.29) is 0 Å². The van der Waals surface area contributed by atoms with Crippen molar-refractivity contribution in [3.8, 4) is 0 Å². The number of aliphatic hydroxyl groups is 1. The number of aliphatic hydroxyl groups excluding tert-OH is 1. The first kappa shape index (κ1) is 9.16. The Bertz CT molecular complexity index is 250. The smallest absolute Gasteiger partial charge is 0.0819 e. The van der Waals surface area contributed by atoms with Gasteiger partial charge in [-0.05, 0) is 31.5 Å². The fourth-order valence-corrected chi connectivity index (χ4v) is 1.14. The van der Waals surface area contributed by atoms with Crippen LogP contribution >= 0.6 is 0 Å². The highest BCUT2D eigenvalue weighted by molar-refractivity contribution is 5.23. The molecular formula is C9H14N2O. The molecule has 0 aliphatic heterocycles. The zero-order chi connectivity index (χ0) is 8.97. The van der Waals surface area contributed by atoms with Crippen LogP contribution in [-0.2, 0) is 0 Å². The van der Waals surface area contributed by atoms with Crippen molar-refractivity contribution in [1.82, 2.24) is 4.98 Å². The van der Waals surface area contributed by atoms with Gasteiger partial charge in [0.1, 0.15) is 0 Å². The van der Waals surface area contributed by atoms with Crippen LogP contribution in [0.5, 0.6) is 0 Å². The number of hydrogen-bond donors (Lipinski definition) is 2. The molecular weight excluding hydrogens is 152 g/mol. The summed E-state index contributed by atoms with van der Waals surface area (Å²) < 4.78 is 0. The van der Waals surface area contributed by atoms with Gasteiger partial charge in [-0.2, -0.15) is 0 Å². The molecule has 0 saturated carbocycles. The Balaban J connectivity index is 2.79. The Hall–Kier alpha value is -0.930. The lowest BCUT2D eigenvalue weighted by molar-refractivity contribution is 0.169. The molecule has 3 nitrogen and oxygen atoms in total. The number of aryl methyl sites for hydroxylation is 1. The first-order valence-electron chi connectivity index (χ1n) is 4.04. The standard InChI is InChI=1S/C9H14N2O/c1-7-3-5-11-6-8(7)9(12)2-4-10/h3,5-6,9,12H,2,4,10H2,1H3/t9-/m0/s1. The summed E-state index contributed by atoms with van der Waals surface area (Å²) in [7, 11) is 0. The molecule has 3 N–H and O–H groups in total. The summed E-state index contributed by atoms with van der Waals surface area (Å²) in [6.07, 6.45) is 3.53. The molecule has 0 fully saturated rings. The maximum Gasteiger partial charge on any atom is 0.0819 e. The molecule has 66 valence electrons. The van der Waals surface area contributed by atoms with Crippen LogP contribution in [0.4, 0.5) is 0 Å². The fraction of sp³-hybridized carbons (Fsp3) is 0.444. The van der Waals surface area contributed by atoms with Gasteiger partial charge in [-0.25, -0.2) is 0 Å². The first-order chi connectivity index (χ1) is 5.75. The SMILES string of the molecule is Cc1ccncc1[C@@H](O)CCN. The summed E-state index contributed by atoms with van der Waals surface area (Å²) >= 11 is 0. The third-order valence-corrected chi connectivity index (χ3v) is 1.88. The molecule has 0 amide bonds. The molecule has 1 heterocycles. The number of nitrogens with zero attached hydrogens (tertiary/aromatic N) is 1. The molecule has 3 heteroatoms. The molecule has 0 radical (unpaired) electrons. The summed E-state index contributed by atoms with van der Waals surface area (Å²) in [4.78, 5) is 3.95. The molecule has 0 aliphatic carbocycles. The lowest BCUT2D eigenvalue weighted by Gasteiger charge is -2.10. The van der Waals surface area contributed by atoms with Crippen molar-refractivity contribution in [2.24, 2.45) is 5.73 Å². The largest absolute Gasteiger partial charge is 0.388 e. The average Bonchev–Trinajstić information content (AvgIpc) is 2.05. The lowest BCUT2D eigenvalue weighted by Crippen LogP contribution is -2.08. The zero-order valence-electron chi connectivity index (χ0n) is 7.20. The van der Waals surface area contributed by atoms with Crippen molar-refractivity contribution in [2.45, 2.75) is 19.4 Å². The van der Waals surface area contributed by atoms with Crippen LogP contribution < -0.4 is 5.73 Å². The Morgan fingerprint density at radius 2 is 2.42 bits per heavy atom. The van der Waals surface area contributed by atoms with E-state index in [1.54, 1.807) is 12.4 Å². The van der Waals surface area contributed by atoms with Gasteiger partial charge in [-0.3, -0.25) is 4.98 Å². The molecule has 0 spiro atoms. The maximum absolute atomic E-state index is 9.58. The van der Waals surface area contributed by atoms with Gasteiger partial charge in [-0.15, -0.1) is 0 Å². The van der Waals surface area contributed by atoms with Gasteiger partial charge in [0, 0.05) is 18.0 Å². The van der Waals surface area contributed by atoms with Crippen molar-refractivity contribution in [3.05, 3.63) is 29.6 Å². The van der Waals surface area contributed by atoms with Crippen molar-refractivity contribution >= 4 is 0 Å². The van der Waals surface area contributed by atoms with Crippen LogP contribution in [0.25, 0.3) is 0 Å². The minimum Gasteiger partial charge on any atom is -0.388 e. The van der Waals surface area contributed by atoms with E-state index in [1.165, 1.54) is 0 Å². The monoisotopic (exact) mass is 166 g/mol. The van der Waals surface area contributed by atoms with Crippen LogP contribution in [0.1, 0.15) is 23.7 Å². The third-order valence-electron chi connectivity index (χ3n) is 1.88. The van der Waals surface area contributed by atoms with E-state index < -0.39 is 6.10 Å². The van der Waals surface area contributed by atoms with E-state index in [0.717, 1.165) is 11.1 Å². The number of rotatable bonds is 3. The van der Waals surface area contributed by atoms with Gasteiger partial charge in [0.15, 0.2) is 0 Å². The zero-order valence-corrected chi connectivity index (χ0v) is 7.20. The summed E-state index contributed by atoms with van der Waals surface area (Å²) in [6, 6.07) is 1.88. The molecule has 0 unspecified atom stereocenters. The summed E-state index contributed by atoms with van der Waals surface area (Å²) in [5.41, 5.74) is 7.28. The topological polar surface area (TPSA) is 59.1 Å². The van der Waals surface area contributed by atoms with Crippen molar-refractivity contribution in [3.63, 3.8) is 0 Å². The van der Waals surface area contributed by atoms with Gasteiger partial charge >= 0.3 is 0 Å². The number of pyridine rings is 1. The molecule has 0 aliphatic rings. The molecule has 1 aromatic heterocycles. The second-order valence-electron chi connectivity index (χ2n) is 2.83. The molecule has 1 rings (SSSR count). The summed E-state index contributed by atoms with van der Waals surface area (Å²) in [5.74, 6) is 0. The van der Waals surface area contributed by atoms with E-state index in [9.17, 15) is 5.11 Å². The van der Waals surface area contributed by atoms with Crippen molar-refractivity contribution in [1.29, 1.82) is 0 Å². The van der Waals surface area contributed by atoms with E-state index in [2.05, 4.69) is 4.98 Å². The highest BCUT2D eigenvalue weighted by Crippen LogP contribution is 2.17. The van der Waals surface area contributed by atoms with Gasteiger partial charge in [0.2, 0.25) is 0 Å². The Labute approximate surface area is 72.2 Å². The molecule has 1 aromatic rings. The van der Waals surface area contributed by atoms with Gasteiger partial charge in [0.25, 0.3) is 0 Å². The maximum atomic E-state index is 9.58. The highest BCUT2D eigenvalue weighted by Gasteiger charge is 2.08. The van der Waals surface area contributed by atoms with Crippen LogP contribution in [0.3, 0.4) is 0 Å². The van der Waals surface area contributed by atoms with Gasteiger partial charge < -0.3 is 10.8 Å². The average molecular weight is 166 g/mol. The lowest BCUT2D eigenvalue weighted by atomic mass is 10.0. The summed E-state index contributed by atoms with van der Waals surface area (Å²) in [6.45, 7) is 2.45. The quantitative estimate of drug-likeness (QED) is 0.697. The van der Waals surface area contributed by atoms with E-state index >= 15 is 0 Å². The van der Waals surface area contributed by atoms with Crippen LogP contribution in [0.15, 0.2) is 18.5 Å². The minimum absolute atomic E-state index is 0.469. The van der Waals surface area contributed by atoms with E-state index in [4.69, 9.17) is 5.73 Å². The molecule has 0 bridgehead atoms. The summed E-state index contributed by atoms with van der Waals surface area (Å²) in [5, 5.41) is 9.58. The minimum atomic E-state index is -0.469. The fourth-order valence-electron chi connectivity index (χ4n) is 1.14. The molecule has 0 saturated heterocycles. The second-order valence-corrected chi connectivity index (χ2v) is 2.83. The third kappa shape index (κ3) is 2.03. The van der Waals surface area contributed by atoms with Crippen molar-refractivity contribution < 1.29 is 5.11 Å². The number of nitrogens with two attached hydrogens (primary N) is 1. The predicted molar refractivity (Wildman–Crippen MR) is 47.6 cm³/mol. The Morgan fingerprint density at radius 1 is 1.67 bits per heavy atom. The van der Waals surface area contributed by atoms with Crippen LogP contribution in [0, 0.1) is 6.92 Å². The van der Waals surface area contributed by atoms with Gasteiger partial charge in [0.05, 0.1) is 6.10 Å². The van der Waals surface area contributed by atoms with E-state index in [1.807, 2.05) is 13.0 Å². The van der Waals surface area contributed by atoms with Gasteiger partial charge in [-0.1, -0.05) is 0 Å². The normalized spacial score (nSPS) is 12.9. The molecule has 1 atom stereocenters. The second kappa shape index (κ2) is 4.18. The molecule has 0 aromatic carbocycles. The van der Waals surface area contributed by atoms with E-state index in [0.29, 0.717) is 13.0 Å². The Kier molecular flexibility index (Phi) is 3.19. The number of aromatic nitrogens is 1. The molecule has 12 heavy (non-hydrogen) atoms. The van der Waals surface area contributed by atoms with Crippen LogP contribution in [0.2, 0.25) is 0 Å². The number of hydrogen-bond acceptors (Lipinski definition) is 3. The highest BCUT2D eigenvalue weighted by atomic mass is 16.3. The Morgan fingerprint density at radius 3 is 3.00 bits per heavy atom. The first-order valence-corrected chi connectivity index (χ1v) is 4.04.